The molecule has 0 spiro atoms. The minimum Gasteiger partial charge on any atom is -0.457 e. The second-order valence-electron chi connectivity index (χ2n) is 3.18. The van der Waals surface area contributed by atoms with Crippen molar-refractivity contribution in [1.29, 1.82) is 0 Å². The molecule has 0 heterocycles. The van der Waals surface area contributed by atoms with Crippen LogP contribution in [0.15, 0.2) is 54.6 Å². The maximum atomic E-state index is 5.71. The Morgan fingerprint density at radius 1 is 0.600 bits per heavy atom. The van der Waals surface area contributed by atoms with E-state index in [0.717, 1.165) is 17.1 Å². The van der Waals surface area contributed by atoms with Crippen molar-refractivity contribution in [2.24, 2.45) is 0 Å². The Morgan fingerprint density at radius 3 is 1.55 bits per heavy atom. The number of hydrogen-bond acceptors (Lipinski definition) is 1. The molecule has 112 valence electrons. The first-order valence-corrected chi connectivity index (χ1v) is 7.65. The van der Waals surface area contributed by atoms with Crippen LogP contribution in [-0.4, -0.2) is 0 Å². The normalized spacial score (nSPS) is 7.75. The van der Waals surface area contributed by atoms with E-state index in [9.17, 15) is 0 Å². The van der Waals surface area contributed by atoms with E-state index < -0.39 is 0 Å². The molecule has 0 radical (unpaired) electrons. The summed E-state index contributed by atoms with van der Waals surface area (Å²) in [5, 5.41) is 0. The van der Waals surface area contributed by atoms with Crippen molar-refractivity contribution >= 4 is 0 Å². The first kappa shape index (κ1) is 20.6. The summed E-state index contributed by atoms with van der Waals surface area (Å²) < 4.78 is 5.71. The van der Waals surface area contributed by atoms with Crippen molar-refractivity contribution < 1.29 is 4.74 Å². The summed E-state index contributed by atoms with van der Waals surface area (Å²) in [6, 6.07) is 17.8. The molecule has 1 nitrogen and oxygen atoms in total. The highest BCUT2D eigenvalue weighted by atomic mass is 16.5. The highest BCUT2D eigenvalue weighted by Gasteiger charge is 1.98. The first-order chi connectivity index (χ1) is 9.86. The summed E-state index contributed by atoms with van der Waals surface area (Å²) in [4.78, 5) is 0. The molecule has 0 atom stereocenters. The van der Waals surface area contributed by atoms with E-state index in [1.807, 2.05) is 103 Å². The standard InChI is InChI=1S/C13H12O.3C2H6/c1-11-7-5-6-10-13(11)14-12-8-3-2-4-9-12;3*1-2/h2-10H,1H3;3*1-2H3. The van der Waals surface area contributed by atoms with Crippen LogP contribution in [0.5, 0.6) is 11.5 Å². The van der Waals surface area contributed by atoms with E-state index in [0.29, 0.717) is 0 Å². The summed E-state index contributed by atoms with van der Waals surface area (Å²) in [6.45, 7) is 14.0. The van der Waals surface area contributed by atoms with Crippen LogP contribution in [0, 0.1) is 6.92 Å². The predicted molar refractivity (Wildman–Crippen MR) is 91.7 cm³/mol. The van der Waals surface area contributed by atoms with Crippen LogP contribution in [-0.2, 0) is 0 Å². The van der Waals surface area contributed by atoms with Gasteiger partial charge in [0.2, 0.25) is 0 Å². The van der Waals surface area contributed by atoms with Gasteiger partial charge in [0.05, 0.1) is 0 Å². The first-order valence-electron chi connectivity index (χ1n) is 7.65. The largest absolute Gasteiger partial charge is 0.457 e. The molecule has 2 rings (SSSR count). The molecule has 0 bridgehead atoms. The van der Waals surface area contributed by atoms with E-state index in [1.54, 1.807) is 0 Å². The average molecular weight is 274 g/mol. The minimum absolute atomic E-state index is 0.877. The summed E-state index contributed by atoms with van der Waals surface area (Å²) in [6.07, 6.45) is 0. The maximum absolute atomic E-state index is 5.71. The number of para-hydroxylation sites is 2. The van der Waals surface area contributed by atoms with Gasteiger partial charge in [-0.1, -0.05) is 77.9 Å². The molecule has 0 aliphatic carbocycles. The Kier molecular flexibility index (Phi) is 15.7. The zero-order valence-electron chi connectivity index (χ0n) is 14.1. The molecular weight excluding hydrogens is 244 g/mol. The molecule has 0 saturated carbocycles. The van der Waals surface area contributed by atoms with Gasteiger partial charge < -0.3 is 4.74 Å². The van der Waals surface area contributed by atoms with E-state index in [2.05, 4.69) is 0 Å². The number of hydrogen-bond donors (Lipinski definition) is 0. The monoisotopic (exact) mass is 274 g/mol. The third-order valence-corrected chi connectivity index (χ3v) is 2.06. The lowest BCUT2D eigenvalue weighted by Gasteiger charge is -2.07. The number of benzene rings is 2. The maximum Gasteiger partial charge on any atom is 0.130 e. The smallest absolute Gasteiger partial charge is 0.130 e. The van der Waals surface area contributed by atoms with Gasteiger partial charge in [-0.05, 0) is 30.7 Å². The average Bonchev–Trinajstić information content (AvgIpc) is 2.56. The van der Waals surface area contributed by atoms with E-state index >= 15 is 0 Å². The van der Waals surface area contributed by atoms with Gasteiger partial charge in [-0.3, -0.25) is 0 Å². The van der Waals surface area contributed by atoms with Crippen molar-refractivity contribution in [3.8, 4) is 11.5 Å². The molecule has 0 amide bonds. The van der Waals surface area contributed by atoms with Crippen LogP contribution >= 0.6 is 0 Å². The van der Waals surface area contributed by atoms with Gasteiger partial charge in [-0.25, -0.2) is 0 Å². The Hall–Kier alpha value is -1.76. The number of ether oxygens (including phenoxy) is 1. The molecule has 0 fully saturated rings. The fourth-order valence-corrected chi connectivity index (χ4v) is 1.29. The van der Waals surface area contributed by atoms with Crippen molar-refractivity contribution in [2.45, 2.75) is 48.5 Å². The van der Waals surface area contributed by atoms with Crippen LogP contribution in [0.1, 0.15) is 47.1 Å². The Bertz CT molecular complexity index is 407. The van der Waals surface area contributed by atoms with Gasteiger partial charge in [0.1, 0.15) is 11.5 Å². The number of rotatable bonds is 2. The second kappa shape index (κ2) is 15.3. The molecule has 0 aliphatic rings. The predicted octanol–water partition coefficient (Wildman–Crippen LogP) is 6.87. The molecule has 2 aromatic rings. The Morgan fingerprint density at radius 2 is 1.05 bits per heavy atom. The molecule has 0 unspecified atom stereocenters. The second-order valence-corrected chi connectivity index (χ2v) is 3.18. The van der Waals surface area contributed by atoms with Gasteiger partial charge >= 0.3 is 0 Å². The van der Waals surface area contributed by atoms with Crippen molar-refractivity contribution in [2.75, 3.05) is 0 Å². The lowest BCUT2D eigenvalue weighted by Crippen LogP contribution is -1.85. The van der Waals surface area contributed by atoms with Crippen LogP contribution in [0.25, 0.3) is 0 Å². The Balaban J connectivity index is 0. The highest BCUT2D eigenvalue weighted by Crippen LogP contribution is 2.23. The van der Waals surface area contributed by atoms with E-state index in [1.165, 1.54) is 0 Å². The topological polar surface area (TPSA) is 9.23 Å². The van der Waals surface area contributed by atoms with Gasteiger partial charge in [0.25, 0.3) is 0 Å². The highest BCUT2D eigenvalue weighted by molar-refractivity contribution is 5.36. The van der Waals surface area contributed by atoms with Crippen molar-refractivity contribution in [3.63, 3.8) is 0 Å². The van der Waals surface area contributed by atoms with Crippen molar-refractivity contribution in [3.05, 3.63) is 60.2 Å². The quantitative estimate of drug-likeness (QED) is 0.581. The van der Waals surface area contributed by atoms with Crippen LogP contribution in [0.3, 0.4) is 0 Å². The summed E-state index contributed by atoms with van der Waals surface area (Å²) >= 11 is 0. The molecule has 1 heteroatoms. The lowest BCUT2D eigenvalue weighted by atomic mass is 10.2. The zero-order chi connectivity index (χ0) is 15.8. The molecule has 0 aromatic heterocycles. The third-order valence-electron chi connectivity index (χ3n) is 2.06. The van der Waals surface area contributed by atoms with Crippen LogP contribution in [0.4, 0.5) is 0 Å². The van der Waals surface area contributed by atoms with Crippen molar-refractivity contribution in [1.82, 2.24) is 0 Å². The van der Waals surface area contributed by atoms with Crippen LogP contribution < -0.4 is 4.74 Å². The van der Waals surface area contributed by atoms with E-state index in [-0.39, 0.29) is 0 Å². The van der Waals surface area contributed by atoms with Crippen LogP contribution in [0.2, 0.25) is 0 Å². The summed E-state index contributed by atoms with van der Waals surface area (Å²) in [7, 11) is 0. The summed E-state index contributed by atoms with van der Waals surface area (Å²) in [5.74, 6) is 1.79. The van der Waals surface area contributed by atoms with E-state index in [4.69, 9.17) is 4.74 Å². The molecule has 2 aromatic carbocycles. The molecule has 0 N–H and O–H groups in total. The van der Waals surface area contributed by atoms with Gasteiger partial charge in [-0.15, -0.1) is 0 Å². The van der Waals surface area contributed by atoms with Gasteiger partial charge in [0, 0.05) is 0 Å². The Labute approximate surface area is 125 Å². The zero-order valence-corrected chi connectivity index (χ0v) is 14.1. The van der Waals surface area contributed by atoms with Gasteiger partial charge in [0.15, 0.2) is 0 Å². The van der Waals surface area contributed by atoms with Gasteiger partial charge in [-0.2, -0.15) is 0 Å². The fourth-order valence-electron chi connectivity index (χ4n) is 1.29. The third kappa shape index (κ3) is 8.36. The fraction of sp³-hybridized carbons (Fsp3) is 0.368. The molecular formula is C19H30O. The molecule has 0 saturated heterocycles. The molecule has 20 heavy (non-hydrogen) atoms. The minimum atomic E-state index is 0.877. The summed E-state index contributed by atoms with van der Waals surface area (Å²) in [5.41, 5.74) is 1.15. The number of aryl methyl sites for hydroxylation is 1. The SMILES string of the molecule is CC.CC.CC.Cc1ccccc1Oc1ccccc1. The molecule has 0 aliphatic heterocycles. The lowest BCUT2D eigenvalue weighted by molar-refractivity contribution is 0.479.